The first kappa shape index (κ1) is 47.9. The number of hydrogen-bond donors (Lipinski definition) is 3. The lowest BCUT2D eigenvalue weighted by Crippen LogP contribution is -2.46. The number of aliphatic hydroxyl groups excluding tert-OH is 3. The van der Waals surface area contributed by atoms with E-state index in [2.05, 4.69) is 13.8 Å². The highest BCUT2D eigenvalue weighted by Gasteiger charge is 2.38. The van der Waals surface area contributed by atoms with E-state index in [1.54, 1.807) is 0 Å². The van der Waals surface area contributed by atoms with Gasteiger partial charge >= 0.3 is 0 Å². The molecule has 0 heterocycles. The summed E-state index contributed by atoms with van der Waals surface area (Å²) in [7, 11) is 0. The Morgan fingerprint density at radius 2 is 0.479 bits per heavy atom. The number of aliphatic hydroxyl groups is 3. The summed E-state index contributed by atoms with van der Waals surface area (Å²) in [5.41, 5.74) is -0.802. The van der Waals surface area contributed by atoms with Crippen LogP contribution in [-0.4, -0.2) is 34.1 Å². The van der Waals surface area contributed by atoms with Crippen LogP contribution in [0.1, 0.15) is 265 Å². The molecule has 0 bridgehead atoms. The van der Waals surface area contributed by atoms with Crippen molar-refractivity contribution < 1.29 is 15.3 Å². The van der Waals surface area contributed by atoms with Gasteiger partial charge in [0.2, 0.25) is 0 Å². The van der Waals surface area contributed by atoms with Crippen LogP contribution in [0.4, 0.5) is 0 Å². The molecule has 2 unspecified atom stereocenters. The van der Waals surface area contributed by atoms with Crippen LogP contribution >= 0.6 is 0 Å². The van der Waals surface area contributed by atoms with Gasteiger partial charge in [0.1, 0.15) is 0 Å². The lowest BCUT2D eigenvalue weighted by atomic mass is 9.75. The highest BCUT2D eigenvalue weighted by atomic mass is 16.3. The van der Waals surface area contributed by atoms with E-state index in [4.69, 9.17) is 0 Å². The summed E-state index contributed by atoms with van der Waals surface area (Å²) in [6, 6.07) is 0. The van der Waals surface area contributed by atoms with E-state index in [0.29, 0.717) is 12.8 Å². The fourth-order valence-corrected chi connectivity index (χ4v) is 7.57. The second-order valence-corrected chi connectivity index (χ2v) is 16.3. The molecule has 0 aliphatic heterocycles. The fraction of sp³-hybridized carbons (Fsp3) is 1.00. The Morgan fingerprint density at radius 1 is 0.312 bits per heavy atom. The third-order valence-corrected chi connectivity index (χ3v) is 11.5. The van der Waals surface area contributed by atoms with Crippen LogP contribution in [0.5, 0.6) is 0 Å². The summed E-state index contributed by atoms with van der Waals surface area (Å²) >= 11 is 0. The molecule has 290 valence electrons. The lowest BCUT2D eigenvalue weighted by molar-refractivity contribution is -0.0942. The van der Waals surface area contributed by atoms with Crippen molar-refractivity contribution in [2.24, 2.45) is 5.41 Å². The highest BCUT2D eigenvalue weighted by Crippen LogP contribution is 2.32. The van der Waals surface area contributed by atoms with Gasteiger partial charge in [-0.3, -0.25) is 0 Å². The van der Waals surface area contributed by atoms with Gasteiger partial charge in [0.25, 0.3) is 0 Å². The Labute approximate surface area is 303 Å². The smallest absolute Gasteiger partial charge is 0.0640 e. The second kappa shape index (κ2) is 38.1. The monoisotopic (exact) mass is 681 g/mol. The van der Waals surface area contributed by atoms with Crippen LogP contribution in [0, 0.1) is 5.41 Å². The van der Waals surface area contributed by atoms with Crippen molar-refractivity contribution in [2.45, 2.75) is 277 Å². The van der Waals surface area contributed by atoms with Crippen LogP contribution in [0.15, 0.2) is 0 Å². The Kier molecular flexibility index (Phi) is 38.0. The fourth-order valence-electron chi connectivity index (χ4n) is 7.57. The maximum absolute atomic E-state index is 10.9. The van der Waals surface area contributed by atoms with E-state index >= 15 is 0 Å². The summed E-state index contributed by atoms with van der Waals surface area (Å²) in [5.74, 6) is 0. The molecule has 0 fully saturated rings. The van der Waals surface area contributed by atoms with E-state index in [0.717, 1.165) is 25.7 Å². The standard InChI is InChI=1S/C45H92O3/c1-4-6-8-10-12-14-16-18-20-22-24-26-28-30-32-34-36-38-40-43(47)45(3,42-46)44(48)41-39-37-35-33-31-29-27-25-23-21-19-17-15-13-11-9-7-5-2/h43-44,46-48H,4-42H2,1-3H3. The summed E-state index contributed by atoms with van der Waals surface area (Å²) in [6.07, 6.45) is 49.0. The second-order valence-electron chi connectivity index (χ2n) is 16.3. The molecule has 3 heteroatoms. The van der Waals surface area contributed by atoms with E-state index in [1.807, 2.05) is 6.92 Å². The molecule has 0 saturated carbocycles. The van der Waals surface area contributed by atoms with E-state index in [-0.39, 0.29) is 6.61 Å². The normalized spacial score (nSPS) is 14.4. The predicted molar refractivity (Wildman–Crippen MR) is 214 cm³/mol. The van der Waals surface area contributed by atoms with Crippen LogP contribution in [0.3, 0.4) is 0 Å². The molecule has 2 atom stereocenters. The van der Waals surface area contributed by atoms with Gasteiger partial charge in [-0.25, -0.2) is 0 Å². The van der Waals surface area contributed by atoms with Gasteiger partial charge in [-0.2, -0.15) is 0 Å². The molecule has 3 nitrogen and oxygen atoms in total. The average molecular weight is 681 g/mol. The van der Waals surface area contributed by atoms with Crippen molar-refractivity contribution in [3.8, 4) is 0 Å². The van der Waals surface area contributed by atoms with E-state index in [9.17, 15) is 15.3 Å². The Bertz CT molecular complexity index is 547. The van der Waals surface area contributed by atoms with Gasteiger partial charge in [-0.15, -0.1) is 0 Å². The van der Waals surface area contributed by atoms with Crippen LogP contribution < -0.4 is 0 Å². The molecule has 0 saturated heterocycles. The Hall–Kier alpha value is -0.120. The van der Waals surface area contributed by atoms with Crippen LogP contribution in [-0.2, 0) is 0 Å². The minimum absolute atomic E-state index is 0.145. The van der Waals surface area contributed by atoms with E-state index < -0.39 is 17.6 Å². The number of hydrogen-bond acceptors (Lipinski definition) is 3. The zero-order chi connectivity index (χ0) is 35.2. The van der Waals surface area contributed by atoms with Gasteiger partial charge in [0.05, 0.1) is 18.8 Å². The zero-order valence-electron chi connectivity index (χ0n) is 33.6. The first-order valence-corrected chi connectivity index (χ1v) is 22.5. The number of unbranched alkanes of at least 4 members (excludes halogenated alkanes) is 34. The Balaban J connectivity index is 3.59. The molecule has 3 N–H and O–H groups in total. The van der Waals surface area contributed by atoms with Crippen molar-refractivity contribution in [2.75, 3.05) is 6.61 Å². The third-order valence-electron chi connectivity index (χ3n) is 11.5. The van der Waals surface area contributed by atoms with Gasteiger partial charge in [-0.05, 0) is 12.8 Å². The average Bonchev–Trinajstić information content (AvgIpc) is 3.09. The number of rotatable bonds is 41. The summed E-state index contributed by atoms with van der Waals surface area (Å²) in [4.78, 5) is 0. The molecule has 0 aromatic heterocycles. The van der Waals surface area contributed by atoms with Crippen LogP contribution in [0.2, 0.25) is 0 Å². The van der Waals surface area contributed by atoms with Crippen molar-refractivity contribution in [3.63, 3.8) is 0 Å². The first-order valence-electron chi connectivity index (χ1n) is 22.5. The largest absolute Gasteiger partial charge is 0.396 e. The molecular formula is C45H92O3. The molecule has 0 aliphatic carbocycles. The maximum Gasteiger partial charge on any atom is 0.0640 e. The third kappa shape index (κ3) is 30.7. The molecule has 0 aromatic carbocycles. The molecule has 0 aromatic rings. The molecule has 0 aliphatic rings. The van der Waals surface area contributed by atoms with Gasteiger partial charge in [-0.1, -0.05) is 252 Å². The van der Waals surface area contributed by atoms with Crippen molar-refractivity contribution in [3.05, 3.63) is 0 Å². The summed E-state index contributed by atoms with van der Waals surface area (Å²) in [5, 5.41) is 31.9. The van der Waals surface area contributed by atoms with Crippen molar-refractivity contribution in [1.29, 1.82) is 0 Å². The minimum Gasteiger partial charge on any atom is -0.396 e. The molecular weight excluding hydrogens is 588 g/mol. The predicted octanol–water partition coefficient (Wildman–Crippen LogP) is 14.6. The highest BCUT2D eigenvalue weighted by molar-refractivity contribution is 4.88. The van der Waals surface area contributed by atoms with Crippen molar-refractivity contribution >= 4 is 0 Å². The van der Waals surface area contributed by atoms with E-state index in [1.165, 1.54) is 205 Å². The SMILES string of the molecule is CCCCCCCCCCCCCCCCCCCCC(O)C(C)(CO)C(O)CCCCCCCCCCCCCCCCCCCC. The van der Waals surface area contributed by atoms with Crippen LogP contribution in [0.25, 0.3) is 0 Å². The molecule has 0 rings (SSSR count). The van der Waals surface area contributed by atoms with Gasteiger partial charge < -0.3 is 15.3 Å². The molecule has 48 heavy (non-hydrogen) atoms. The van der Waals surface area contributed by atoms with Gasteiger partial charge in [0.15, 0.2) is 0 Å². The lowest BCUT2D eigenvalue weighted by Gasteiger charge is -2.37. The first-order chi connectivity index (χ1) is 23.5. The molecule has 0 amide bonds. The minimum atomic E-state index is -0.802. The quantitative estimate of drug-likeness (QED) is 0.0563. The Morgan fingerprint density at radius 3 is 0.646 bits per heavy atom. The summed E-state index contributed by atoms with van der Waals surface area (Å²) < 4.78 is 0. The molecule has 0 spiro atoms. The summed E-state index contributed by atoms with van der Waals surface area (Å²) in [6.45, 7) is 6.32. The topological polar surface area (TPSA) is 60.7 Å². The van der Waals surface area contributed by atoms with Crippen molar-refractivity contribution in [1.82, 2.24) is 0 Å². The maximum atomic E-state index is 10.9. The molecule has 0 radical (unpaired) electrons. The van der Waals surface area contributed by atoms with Gasteiger partial charge in [0, 0.05) is 5.41 Å². The zero-order valence-corrected chi connectivity index (χ0v) is 33.6.